The van der Waals surface area contributed by atoms with Gasteiger partial charge in [-0.25, -0.2) is 9.37 Å². The number of amides is 2. The van der Waals surface area contributed by atoms with Crippen molar-refractivity contribution in [2.24, 2.45) is 7.05 Å². The largest absolute Gasteiger partial charge is 0.484 e. The van der Waals surface area contributed by atoms with Crippen LogP contribution in [0.15, 0.2) is 83.7 Å². The molecule has 0 fully saturated rings. The molecule has 0 aliphatic rings. The second-order valence-corrected chi connectivity index (χ2v) is 7.20. The Bertz CT molecular complexity index is 1250. The molecule has 4 rings (SSSR count). The fourth-order valence-corrected chi connectivity index (χ4v) is 3.25. The van der Waals surface area contributed by atoms with Gasteiger partial charge in [-0.1, -0.05) is 18.2 Å². The summed E-state index contributed by atoms with van der Waals surface area (Å²) in [5.41, 5.74) is 1.04. The van der Waals surface area contributed by atoms with Crippen molar-refractivity contribution < 1.29 is 23.1 Å². The first-order valence-electron chi connectivity index (χ1n) is 10.1. The predicted octanol–water partition coefficient (Wildman–Crippen LogP) is 3.69. The Labute approximate surface area is 189 Å². The third-order valence-electron chi connectivity index (χ3n) is 4.81. The van der Waals surface area contributed by atoms with E-state index in [0.29, 0.717) is 22.8 Å². The van der Waals surface area contributed by atoms with E-state index in [1.807, 2.05) is 0 Å². The highest BCUT2D eigenvalue weighted by molar-refractivity contribution is 6.02. The number of furan rings is 1. The highest BCUT2D eigenvalue weighted by Gasteiger charge is 2.21. The van der Waals surface area contributed by atoms with Crippen molar-refractivity contribution in [2.75, 3.05) is 11.9 Å². The van der Waals surface area contributed by atoms with Gasteiger partial charge in [0.1, 0.15) is 23.4 Å². The van der Waals surface area contributed by atoms with Crippen LogP contribution >= 0.6 is 0 Å². The summed E-state index contributed by atoms with van der Waals surface area (Å²) >= 11 is 0. The molecule has 168 valence electrons. The molecule has 0 aliphatic carbocycles. The maximum atomic E-state index is 13.8. The van der Waals surface area contributed by atoms with Crippen LogP contribution in [-0.4, -0.2) is 28.0 Å². The SMILES string of the molecule is Cn1ccnc1C(NC(=O)COc1cccc(NC(=O)c2ccco2)c1)c1cccc(F)c1. The smallest absolute Gasteiger partial charge is 0.291 e. The zero-order chi connectivity index (χ0) is 23.2. The minimum atomic E-state index is -0.657. The van der Waals surface area contributed by atoms with Gasteiger partial charge in [-0.3, -0.25) is 9.59 Å². The van der Waals surface area contributed by atoms with E-state index in [1.165, 1.54) is 18.4 Å². The Morgan fingerprint density at radius 1 is 1.15 bits per heavy atom. The zero-order valence-electron chi connectivity index (χ0n) is 17.7. The van der Waals surface area contributed by atoms with E-state index in [9.17, 15) is 14.0 Å². The standard InChI is InChI=1S/C24H21FN4O4/c1-29-11-10-26-23(29)22(16-5-2-6-17(25)13-16)28-21(30)15-33-19-8-3-7-18(14-19)27-24(31)20-9-4-12-32-20/h2-14,22H,15H2,1H3,(H,27,31)(H,28,30). The number of nitrogens with one attached hydrogen (secondary N) is 2. The number of aryl methyl sites for hydroxylation is 1. The van der Waals surface area contributed by atoms with Crippen LogP contribution < -0.4 is 15.4 Å². The third kappa shape index (κ3) is 5.45. The Balaban J connectivity index is 1.41. The van der Waals surface area contributed by atoms with Gasteiger partial charge in [0.05, 0.1) is 6.26 Å². The van der Waals surface area contributed by atoms with Gasteiger partial charge in [0, 0.05) is 31.2 Å². The van der Waals surface area contributed by atoms with Crippen molar-refractivity contribution in [3.63, 3.8) is 0 Å². The Kier molecular flexibility index (Phi) is 6.49. The molecule has 9 heteroatoms. The number of hydrogen-bond donors (Lipinski definition) is 2. The number of rotatable bonds is 8. The van der Waals surface area contributed by atoms with Crippen LogP contribution in [0.2, 0.25) is 0 Å². The number of ether oxygens (including phenoxy) is 1. The molecule has 2 heterocycles. The van der Waals surface area contributed by atoms with Crippen LogP contribution in [0.25, 0.3) is 0 Å². The number of benzene rings is 2. The second-order valence-electron chi connectivity index (χ2n) is 7.20. The Morgan fingerprint density at radius 3 is 2.73 bits per heavy atom. The van der Waals surface area contributed by atoms with Gasteiger partial charge in [0.25, 0.3) is 11.8 Å². The number of halogens is 1. The van der Waals surface area contributed by atoms with E-state index >= 15 is 0 Å². The first-order chi connectivity index (χ1) is 16.0. The first-order valence-corrected chi connectivity index (χ1v) is 10.1. The summed E-state index contributed by atoms with van der Waals surface area (Å²) in [6.45, 7) is -0.286. The zero-order valence-corrected chi connectivity index (χ0v) is 17.7. The molecule has 2 amide bonds. The summed E-state index contributed by atoms with van der Waals surface area (Å²) in [5.74, 6) is -0.109. The quantitative estimate of drug-likeness (QED) is 0.428. The summed E-state index contributed by atoms with van der Waals surface area (Å²) in [7, 11) is 1.79. The lowest BCUT2D eigenvalue weighted by molar-refractivity contribution is -0.123. The van der Waals surface area contributed by atoms with E-state index in [1.54, 1.807) is 72.5 Å². The van der Waals surface area contributed by atoms with Crippen molar-refractivity contribution >= 4 is 17.5 Å². The van der Waals surface area contributed by atoms with Crippen molar-refractivity contribution in [1.29, 1.82) is 0 Å². The molecule has 2 aromatic heterocycles. The van der Waals surface area contributed by atoms with Gasteiger partial charge in [-0.2, -0.15) is 0 Å². The molecule has 2 N–H and O–H groups in total. The number of imidazole rings is 1. The maximum absolute atomic E-state index is 13.8. The second kappa shape index (κ2) is 9.82. The van der Waals surface area contributed by atoms with Gasteiger partial charge >= 0.3 is 0 Å². The minimum absolute atomic E-state index is 0.179. The van der Waals surface area contributed by atoms with Crippen molar-refractivity contribution in [3.8, 4) is 5.75 Å². The molecule has 0 saturated heterocycles. The molecule has 0 spiro atoms. The summed E-state index contributed by atoms with van der Waals surface area (Å²) < 4.78 is 26.2. The van der Waals surface area contributed by atoms with Crippen LogP contribution in [0.5, 0.6) is 5.75 Å². The molecule has 1 atom stereocenters. The van der Waals surface area contributed by atoms with Crippen LogP contribution in [0.1, 0.15) is 28.0 Å². The van der Waals surface area contributed by atoms with Gasteiger partial charge < -0.3 is 24.4 Å². The predicted molar refractivity (Wildman–Crippen MR) is 118 cm³/mol. The lowest BCUT2D eigenvalue weighted by Gasteiger charge is -2.19. The van der Waals surface area contributed by atoms with Crippen molar-refractivity contribution in [3.05, 3.63) is 102 Å². The van der Waals surface area contributed by atoms with Crippen LogP contribution in [-0.2, 0) is 11.8 Å². The van der Waals surface area contributed by atoms with E-state index < -0.39 is 23.7 Å². The van der Waals surface area contributed by atoms with Crippen molar-refractivity contribution in [2.45, 2.75) is 6.04 Å². The molecule has 0 radical (unpaired) electrons. The van der Waals surface area contributed by atoms with Gasteiger partial charge in [-0.15, -0.1) is 0 Å². The molecule has 4 aromatic rings. The highest BCUT2D eigenvalue weighted by Crippen LogP contribution is 2.22. The van der Waals surface area contributed by atoms with Crippen LogP contribution in [0.3, 0.4) is 0 Å². The van der Waals surface area contributed by atoms with Gasteiger partial charge in [-0.05, 0) is 42.0 Å². The van der Waals surface area contributed by atoms with E-state index in [4.69, 9.17) is 9.15 Å². The molecule has 0 saturated carbocycles. The topological polar surface area (TPSA) is 98.4 Å². The van der Waals surface area contributed by atoms with E-state index in [2.05, 4.69) is 15.6 Å². The van der Waals surface area contributed by atoms with Gasteiger partial charge in [0.15, 0.2) is 12.4 Å². The van der Waals surface area contributed by atoms with Crippen LogP contribution in [0.4, 0.5) is 10.1 Å². The number of carbonyl (C=O) groups is 2. The number of hydrogen-bond acceptors (Lipinski definition) is 5. The molecular formula is C24H21FN4O4. The number of carbonyl (C=O) groups excluding carboxylic acids is 2. The summed E-state index contributed by atoms with van der Waals surface area (Å²) in [6, 6.07) is 15.1. The van der Waals surface area contributed by atoms with E-state index in [-0.39, 0.29) is 12.4 Å². The normalized spacial score (nSPS) is 11.6. The number of anilines is 1. The maximum Gasteiger partial charge on any atom is 0.291 e. The highest BCUT2D eigenvalue weighted by atomic mass is 19.1. The Morgan fingerprint density at radius 2 is 2.00 bits per heavy atom. The van der Waals surface area contributed by atoms with Gasteiger partial charge in [0.2, 0.25) is 0 Å². The first kappa shape index (κ1) is 21.8. The van der Waals surface area contributed by atoms with E-state index in [0.717, 1.165) is 0 Å². The lowest BCUT2D eigenvalue weighted by Crippen LogP contribution is -2.34. The average molecular weight is 448 g/mol. The third-order valence-corrected chi connectivity index (χ3v) is 4.81. The van der Waals surface area contributed by atoms with Crippen molar-refractivity contribution in [1.82, 2.24) is 14.9 Å². The molecule has 1 unspecified atom stereocenters. The minimum Gasteiger partial charge on any atom is -0.484 e. The molecule has 0 bridgehead atoms. The fourth-order valence-electron chi connectivity index (χ4n) is 3.25. The molecule has 2 aromatic carbocycles. The molecule has 0 aliphatic heterocycles. The number of aromatic nitrogens is 2. The average Bonchev–Trinajstić information content (AvgIpc) is 3.48. The van der Waals surface area contributed by atoms with Crippen LogP contribution in [0, 0.1) is 5.82 Å². The summed E-state index contributed by atoms with van der Waals surface area (Å²) in [5, 5.41) is 5.54. The number of nitrogens with zero attached hydrogens (tertiary/aromatic N) is 2. The lowest BCUT2D eigenvalue weighted by atomic mass is 10.1. The monoisotopic (exact) mass is 448 g/mol. The summed E-state index contributed by atoms with van der Waals surface area (Å²) in [6.07, 6.45) is 4.76. The molecular weight excluding hydrogens is 427 g/mol. The Hall–Kier alpha value is -4.40. The fraction of sp³-hybridized carbons (Fsp3) is 0.125. The summed E-state index contributed by atoms with van der Waals surface area (Å²) in [4.78, 5) is 29.1. The molecule has 33 heavy (non-hydrogen) atoms. The molecule has 8 nitrogen and oxygen atoms in total.